The minimum Gasteiger partial charge on any atom is -0.489 e. The molecule has 76 valence electrons. The van der Waals surface area contributed by atoms with Crippen LogP contribution in [0.2, 0.25) is 0 Å². The van der Waals surface area contributed by atoms with Gasteiger partial charge in [0.05, 0.1) is 6.61 Å². The van der Waals surface area contributed by atoms with Gasteiger partial charge in [0.15, 0.2) is 11.6 Å². The van der Waals surface area contributed by atoms with Crippen LogP contribution < -0.4 is 10.5 Å². The van der Waals surface area contributed by atoms with Gasteiger partial charge in [-0.25, -0.2) is 4.98 Å². The van der Waals surface area contributed by atoms with Crippen LogP contribution in [0.3, 0.4) is 0 Å². The van der Waals surface area contributed by atoms with Gasteiger partial charge >= 0.3 is 0 Å². The van der Waals surface area contributed by atoms with Crippen molar-refractivity contribution in [1.82, 2.24) is 4.98 Å². The molecule has 1 aromatic heterocycles. The van der Waals surface area contributed by atoms with E-state index in [9.17, 15) is 0 Å². The lowest BCUT2D eigenvalue weighted by Crippen LogP contribution is -2.19. The van der Waals surface area contributed by atoms with Crippen LogP contribution in [0.15, 0.2) is 12.1 Å². The number of aryl methyl sites for hydroxylation is 1. The molecule has 1 aliphatic rings. The van der Waals surface area contributed by atoms with E-state index in [1.165, 1.54) is 19.3 Å². The standard InChI is InChI=1S/C11H16N2O/c1-8-5-6-10(11(12)13-8)14-7-9-3-2-4-9/h5-6,9H,2-4,7H2,1H3,(H2,12,13). The van der Waals surface area contributed by atoms with E-state index in [0.29, 0.717) is 5.82 Å². The van der Waals surface area contributed by atoms with Gasteiger partial charge in [-0.3, -0.25) is 0 Å². The van der Waals surface area contributed by atoms with Crippen molar-refractivity contribution in [2.45, 2.75) is 26.2 Å². The Morgan fingerprint density at radius 3 is 2.86 bits per heavy atom. The normalized spacial score (nSPS) is 16.4. The van der Waals surface area contributed by atoms with Crippen LogP contribution in [0.5, 0.6) is 5.75 Å². The fraction of sp³-hybridized carbons (Fsp3) is 0.545. The van der Waals surface area contributed by atoms with Gasteiger partial charge in [-0.05, 0) is 37.8 Å². The summed E-state index contributed by atoms with van der Waals surface area (Å²) in [6, 6.07) is 3.82. The lowest BCUT2D eigenvalue weighted by molar-refractivity contribution is 0.181. The van der Waals surface area contributed by atoms with E-state index >= 15 is 0 Å². The number of nitrogen functional groups attached to an aromatic ring is 1. The number of aromatic nitrogens is 1. The van der Waals surface area contributed by atoms with Crippen LogP contribution in [0, 0.1) is 12.8 Å². The lowest BCUT2D eigenvalue weighted by Gasteiger charge is -2.25. The Morgan fingerprint density at radius 2 is 2.29 bits per heavy atom. The first kappa shape index (κ1) is 9.31. The molecule has 0 aliphatic heterocycles. The molecule has 2 N–H and O–H groups in total. The molecular weight excluding hydrogens is 176 g/mol. The molecule has 3 heteroatoms. The Balaban J connectivity index is 1.94. The molecule has 1 aliphatic carbocycles. The Bertz CT molecular complexity index is 321. The fourth-order valence-corrected chi connectivity index (χ4v) is 1.55. The molecular formula is C11H16N2O. The Kier molecular flexibility index (Phi) is 2.57. The summed E-state index contributed by atoms with van der Waals surface area (Å²) < 4.78 is 5.61. The van der Waals surface area contributed by atoms with Crippen molar-refractivity contribution < 1.29 is 4.74 Å². The molecule has 0 atom stereocenters. The van der Waals surface area contributed by atoms with Gasteiger partial charge < -0.3 is 10.5 Å². The molecule has 0 saturated heterocycles. The highest BCUT2D eigenvalue weighted by Crippen LogP contribution is 2.28. The number of ether oxygens (including phenoxy) is 1. The highest BCUT2D eigenvalue weighted by Gasteiger charge is 2.18. The van der Waals surface area contributed by atoms with Crippen LogP contribution in [-0.4, -0.2) is 11.6 Å². The van der Waals surface area contributed by atoms with E-state index in [2.05, 4.69) is 4.98 Å². The zero-order valence-corrected chi connectivity index (χ0v) is 8.49. The number of nitrogens with zero attached hydrogens (tertiary/aromatic N) is 1. The molecule has 1 aromatic rings. The average Bonchev–Trinajstić information content (AvgIpc) is 2.05. The maximum Gasteiger partial charge on any atom is 0.166 e. The summed E-state index contributed by atoms with van der Waals surface area (Å²) in [7, 11) is 0. The minimum atomic E-state index is 0.504. The summed E-state index contributed by atoms with van der Waals surface area (Å²) in [5.74, 6) is 1.96. The van der Waals surface area contributed by atoms with Crippen molar-refractivity contribution >= 4 is 5.82 Å². The molecule has 1 saturated carbocycles. The van der Waals surface area contributed by atoms with Gasteiger partial charge in [0, 0.05) is 5.69 Å². The largest absolute Gasteiger partial charge is 0.489 e. The van der Waals surface area contributed by atoms with Gasteiger partial charge in [0.2, 0.25) is 0 Å². The van der Waals surface area contributed by atoms with Gasteiger partial charge in [0.25, 0.3) is 0 Å². The third-order valence-corrected chi connectivity index (χ3v) is 2.72. The Labute approximate surface area is 84.3 Å². The molecule has 3 nitrogen and oxygen atoms in total. The summed E-state index contributed by atoms with van der Waals surface area (Å²) in [6.07, 6.45) is 3.92. The summed E-state index contributed by atoms with van der Waals surface area (Å²) in [4.78, 5) is 4.15. The fourth-order valence-electron chi connectivity index (χ4n) is 1.55. The molecule has 0 unspecified atom stereocenters. The zero-order valence-electron chi connectivity index (χ0n) is 8.49. The van der Waals surface area contributed by atoms with Crippen LogP contribution >= 0.6 is 0 Å². The van der Waals surface area contributed by atoms with E-state index < -0.39 is 0 Å². The molecule has 14 heavy (non-hydrogen) atoms. The zero-order chi connectivity index (χ0) is 9.97. The SMILES string of the molecule is Cc1ccc(OCC2CCC2)c(N)n1. The van der Waals surface area contributed by atoms with E-state index in [-0.39, 0.29) is 0 Å². The summed E-state index contributed by atoms with van der Waals surface area (Å²) >= 11 is 0. The summed E-state index contributed by atoms with van der Waals surface area (Å²) in [5, 5.41) is 0. The highest BCUT2D eigenvalue weighted by atomic mass is 16.5. The second kappa shape index (κ2) is 3.86. The van der Waals surface area contributed by atoms with Crippen molar-refractivity contribution in [2.75, 3.05) is 12.3 Å². The van der Waals surface area contributed by atoms with Crippen LogP contribution in [-0.2, 0) is 0 Å². The maximum atomic E-state index is 5.73. The van der Waals surface area contributed by atoms with Gasteiger partial charge in [-0.1, -0.05) is 6.42 Å². The second-order valence-electron chi connectivity index (χ2n) is 3.94. The van der Waals surface area contributed by atoms with Crippen LogP contribution in [0.1, 0.15) is 25.0 Å². The maximum absolute atomic E-state index is 5.73. The van der Waals surface area contributed by atoms with Crippen LogP contribution in [0.25, 0.3) is 0 Å². The van der Waals surface area contributed by atoms with Crippen molar-refractivity contribution in [3.63, 3.8) is 0 Å². The number of pyridine rings is 1. The topological polar surface area (TPSA) is 48.1 Å². The predicted molar refractivity (Wildman–Crippen MR) is 56.2 cm³/mol. The molecule has 1 fully saturated rings. The molecule has 0 bridgehead atoms. The smallest absolute Gasteiger partial charge is 0.166 e. The molecule has 0 aromatic carbocycles. The lowest BCUT2D eigenvalue weighted by atomic mass is 9.86. The number of nitrogens with two attached hydrogens (primary N) is 1. The third-order valence-electron chi connectivity index (χ3n) is 2.72. The van der Waals surface area contributed by atoms with Gasteiger partial charge in [-0.2, -0.15) is 0 Å². The van der Waals surface area contributed by atoms with Crippen molar-refractivity contribution in [3.8, 4) is 5.75 Å². The predicted octanol–water partition coefficient (Wildman–Crippen LogP) is 2.15. The first-order valence-corrected chi connectivity index (χ1v) is 5.11. The quantitative estimate of drug-likeness (QED) is 0.798. The second-order valence-corrected chi connectivity index (χ2v) is 3.94. The van der Waals surface area contributed by atoms with E-state index in [1.807, 2.05) is 19.1 Å². The van der Waals surface area contributed by atoms with Gasteiger partial charge in [0.1, 0.15) is 0 Å². The molecule has 1 heterocycles. The monoisotopic (exact) mass is 192 g/mol. The molecule has 0 spiro atoms. The third kappa shape index (κ3) is 1.97. The van der Waals surface area contributed by atoms with E-state index in [4.69, 9.17) is 10.5 Å². The Hall–Kier alpha value is -1.25. The average molecular weight is 192 g/mol. The summed E-state index contributed by atoms with van der Waals surface area (Å²) in [6.45, 7) is 2.71. The van der Waals surface area contributed by atoms with Crippen molar-refractivity contribution in [3.05, 3.63) is 17.8 Å². The number of hydrogen-bond donors (Lipinski definition) is 1. The minimum absolute atomic E-state index is 0.504. The highest BCUT2D eigenvalue weighted by molar-refractivity contribution is 5.46. The number of hydrogen-bond acceptors (Lipinski definition) is 3. The first-order chi connectivity index (χ1) is 6.75. The van der Waals surface area contributed by atoms with Crippen molar-refractivity contribution in [1.29, 1.82) is 0 Å². The number of anilines is 1. The van der Waals surface area contributed by atoms with Gasteiger partial charge in [-0.15, -0.1) is 0 Å². The van der Waals surface area contributed by atoms with Crippen LogP contribution in [0.4, 0.5) is 5.82 Å². The molecule has 0 radical (unpaired) electrons. The number of rotatable bonds is 3. The first-order valence-electron chi connectivity index (χ1n) is 5.11. The molecule has 2 rings (SSSR count). The van der Waals surface area contributed by atoms with E-state index in [1.54, 1.807) is 0 Å². The summed E-state index contributed by atoms with van der Waals surface area (Å²) in [5.41, 5.74) is 6.66. The van der Waals surface area contributed by atoms with E-state index in [0.717, 1.165) is 24.0 Å². The molecule has 0 amide bonds. The van der Waals surface area contributed by atoms with Crippen molar-refractivity contribution in [2.24, 2.45) is 5.92 Å². The Morgan fingerprint density at radius 1 is 1.50 bits per heavy atom.